The van der Waals surface area contributed by atoms with Gasteiger partial charge in [0.05, 0.1) is 4.47 Å². The summed E-state index contributed by atoms with van der Waals surface area (Å²) in [6.07, 6.45) is -0.275. The van der Waals surface area contributed by atoms with E-state index < -0.39 is 29.6 Å². The quantitative estimate of drug-likeness (QED) is 0.714. The molecule has 0 spiro atoms. The molecule has 0 aliphatic heterocycles. The minimum absolute atomic E-state index is 0.0918. The van der Waals surface area contributed by atoms with Gasteiger partial charge in [0, 0.05) is 12.0 Å². The van der Waals surface area contributed by atoms with E-state index in [4.69, 9.17) is 10.8 Å². The molecule has 8 heteroatoms. The fourth-order valence-electron chi connectivity index (χ4n) is 1.42. The summed E-state index contributed by atoms with van der Waals surface area (Å²) in [5, 5.41) is 11.2. The van der Waals surface area contributed by atoms with Crippen LogP contribution in [0.25, 0.3) is 0 Å². The van der Waals surface area contributed by atoms with Crippen molar-refractivity contribution in [3.63, 3.8) is 0 Å². The Bertz CT molecular complexity index is 550. The fraction of sp³-hybridized carbons (Fsp3) is 0.250. The first-order chi connectivity index (χ1) is 9.31. The van der Waals surface area contributed by atoms with E-state index in [1.807, 2.05) is 0 Å². The molecule has 20 heavy (non-hydrogen) atoms. The van der Waals surface area contributed by atoms with E-state index in [9.17, 15) is 18.8 Å². The summed E-state index contributed by atoms with van der Waals surface area (Å²) >= 11 is 2.93. The minimum atomic E-state index is -1.28. The Hall–Kier alpha value is -1.96. The molecule has 1 atom stereocenters. The zero-order valence-electron chi connectivity index (χ0n) is 10.2. The van der Waals surface area contributed by atoms with Crippen molar-refractivity contribution in [3.8, 4) is 0 Å². The summed E-state index contributed by atoms with van der Waals surface area (Å²) < 4.78 is 13.1. The Kier molecular flexibility index (Phi) is 5.63. The lowest BCUT2D eigenvalue weighted by molar-refractivity contribution is -0.139. The van der Waals surface area contributed by atoms with Gasteiger partial charge in [-0.15, -0.1) is 0 Å². The second-order valence-electron chi connectivity index (χ2n) is 4.00. The number of carboxylic acid groups (broad SMARTS) is 1. The summed E-state index contributed by atoms with van der Waals surface area (Å²) in [6.45, 7) is 0. The van der Waals surface area contributed by atoms with Gasteiger partial charge in [0.2, 0.25) is 5.91 Å². The lowest BCUT2D eigenvalue weighted by Gasteiger charge is -2.13. The van der Waals surface area contributed by atoms with Crippen molar-refractivity contribution in [2.45, 2.75) is 18.9 Å². The van der Waals surface area contributed by atoms with Crippen molar-refractivity contribution in [2.75, 3.05) is 0 Å². The number of rotatable bonds is 6. The van der Waals surface area contributed by atoms with E-state index in [1.165, 1.54) is 12.1 Å². The molecule has 4 N–H and O–H groups in total. The van der Waals surface area contributed by atoms with Gasteiger partial charge in [0.25, 0.3) is 5.91 Å². The van der Waals surface area contributed by atoms with Crippen molar-refractivity contribution in [1.29, 1.82) is 0 Å². The molecule has 0 bridgehead atoms. The van der Waals surface area contributed by atoms with Crippen molar-refractivity contribution in [2.24, 2.45) is 5.73 Å². The van der Waals surface area contributed by atoms with E-state index in [2.05, 4.69) is 21.2 Å². The Morgan fingerprint density at radius 2 is 2.05 bits per heavy atom. The first kappa shape index (κ1) is 16.1. The van der Waals surface area contributed by atoms with Crippen LogP contribution in [-0.4, -0.2) is 28.9 Å². The molecule has 0 aliphatic carbocycles. The molecule has 1 aromatic carbocycles. The topological polar surface area (TPSA) is 109 Å². The maximum atomic E-state index is 13.0. The predicted octanol–water partition coefficient (Wildman–Crippen LogP) is 1.04. The molecular formula is C12H12BrFN2O4. The van der Waals surface area contributed by atoms with Crippen LogP contribution in [0.15, 0.2) is 22.7 Å². The lowest BCUT2D eigenvalue weighted by atomic mass is 10.1. The number of halogens is 2. The van der Waals surface area contributed by atoms with Gasteiger partial charge in [-0.1, -0.05) is 0 Å². The molecule has 0 unspecified atom stereocenters. The number of amides is 2. The van der Waals surface area contributed by atoms with E-state index in [0.29, 0.717) is 0 Å². The number of aliphatic carboxylic acids is 1. The van der Waals surface area contributed by atoms with Gasteiger partial charge in [-0.25, -0.2) is 9.18 Å². The molecule has 1 rings (SSSR count). The van der Waals surface area contributed by atoms with Crippen molar-refractivity contribution in [3.05, 3.63) is 34.1 Å². The maximum absolute atomic E-state index is 13.0. The normalized spacial score (nSPS) is 11.7. The largest absolute Gasteiger partial charge is 0.480 e. The molecule has 2 amide bonds. The lowest BCUT2D eigenvalue weighted by Crippen LogP contribution is -2.41. The Morgan fingerprint density at radius 1 is 1.40 bits per heavy atom. The van der Waals surface area contributed by atoms with Crippen LogP contribution in [0.2, 0.25) is 0 Å². The minimum Gasteiger partial charge on any atom is -0.480 e. The molecular weight excluding hydrogens is 335 g/mol. The van der Waals surface area contributed by atoms with Gasteiger partial charge in [-0.2, -0.15) is 0 Å². The van der Waals surface area contributed by atoms with Gasteiger partial charge < -0.3 is 16.2 Å². The summed E-state index contributed by atoms with van der Waals surface area (Å²) in [5.74, 6) is -3.15. The SMILES string of the molecule is NC(=O)CC[C@H](NC(=O)c1ccc(F)c(Br)c1)C(=O)O. The third-order valence-corrected chi connectivity index (χ3v) is 3.07. The maximum Gasteiger partial charge on any atom is 0.326 e. The highest BCUT2D eigenvalue weighted by molar-refractivity contribution is 9.10. The number of nitrogens with two attached hydrogens (primary N) is 1. The van der Waals surface area contributed by atoms with Gasteiger partial charge in [-0.3, -0.25) is 9.59 Å². The van der Waals surface area contributed by atoms with Gasteiger partial charge in [0.1, 0.15) is 11.9 Å². The molecule has 6 nitrogen and oxygen atoms in total. The fourth-order valence-corrected chi connectivity index (χ4v) is 1.80. The molecule has 0 saturated carbocycles. The van der Waals surface area contributed by atoms with E-state index >= 15 is 0 Å². The number of hydrogen-bond donors (Lipinski definition) is 3. The zero-order valence-corrected chi connectivity index (χ0v) is 11.8. The number of benzene rings is 1. The Balaban J connectivity index is 2.77. The van der Waals surface area contributed by atoms with E-state index in [1.54, 1.807) is 0 Å². The van der Waals surface area contributed by atoms with Crippen LogP contribution in [0.1, 0.15) is 23.2 Å². The molecule has 0 saturated heterocycles. The Labute approximate surface area is 122 Å². The van der Waals surface area contributed by atoms with Crippen molar-refractivity contribution in [1.82, 2.24) is 5.32 Å². The van der Waals surface area contributed by atoms with Crippen LogP contribution in [0.4, 0.5) is 4.39 Å². The monoisotopic (exact) mass is 346 g/mol. The van der Waals surface area contributed by atoms with E-state index in [-0.39, 0.29) is 22.9 Å². The number of hydrogen-bond acceptors (Lipinski definition) is 3. The zero-order chi connectivity index (χ0) is 15.3. The number of carboxylic acids is 1. The number of carbonyl (C=O) groups excluding carboxylic acids is 2. The van der Waals surface area contributed by atoms with Crippen molar-refractivity contribution >= 4 is 33.7 Å². The summed E-state index contributed by atoms with van der Waals surface area (Å²) in [5.41, 5.74) is 5.03. The van der Waals surface area contributed by atoms with Gasteiger partial charge in [-0.05, 0) is 40.5 Å². The predicted molar refractivity (Wildman–Crippen MR) is 71.4 cm³/mol. The average molecular weight is 347 g/mol. The van der Waals surface area contributed by atoms with Crippen LogP contribution in [0.3, 0.4) is 0 Å². The number of primary amides is 1. The van der Waals surface area contributed by atoms with Crippen LogP contribution in [0.5, 0.6) is 0 Å². The Morgan fingerprint density at radius 3 is 2.55 bits per heavy atom. The molecule has 0 radical (unpaired) electrons. The second-order valence-corrected chi connectivity index (χ2v) is 4.85. The highest BCUT2D eigenvalue weighted by Gasteiger charge is 2.21. The molecule has 0 fully saturated rings. The summed E-state index contributed by atoms with van der Waals surface area (Å²) in [6, 6.07) is 2.30. The molecule has 0 aliphatic rings. The third kappa shape index (κ3) is 4.61. The van der Waals surface area contributed by atoms with E-state index in [0.717, 1.165) is 6.07 Å². The molecule has 108 valence electrons. The summed E-state index contributed by atoms with van der Waals surface area (Å²) in [4.78, 5) is 33.4. The third-order valence-electron chi connectivity index (χ3n) is 2.46. The smallest absolute Gasteiger partial charge is 0.326 e. The average Bonchev–Trinajstić information content (AvgIpc) is 2.36. The van der Waals surface area contributed by atoms with Gasteiger partial charge in [0.15, 0.2) is 0 Å². The van der Waals surface area contributed by atoms with Crippen LogP contribution >= 0.6 is 15.9 Å². The number of nitrogens with one attached hydrogen (secondary N) is 1. The second kappa shape index (κ2) is 6.99. The first-order valence-corrected chi connectivity index (χ1v) is 6.37. The first-order valence-electron chi connectivity index (χ1n) is 5.58. The highest BCUT2D eigenvalue weighted by Crippen LogP contribution is 2.17. The summed E-state index contributed by atoms with van der Waals surface area (Å²) in [7, 11) is 0. The van der Waals surface area contributed by atoms with Crippen LogP contribution in [0, 0.1) is 5.82 Å². The van der Waals surface area contributed by atoms with Gasteiger partial charge >= 0.3 is 5.97 Å². The van der Waals surface area contributed by atoms with Crippen LogP contribution in [-0.2, 0) is 9.59 Å². The highest BCUT2D eigenvalue weighted by atomic mass is 79.9. The molecule has 0 heterocycles. The van der Waals surface area contributed by atoms with Crippen molar-refractivity contribution < 1.29 is 23.9 Å². The molecule has 1 aromatic rings. The standard InChI is InChI=1S/C12H12BrFN2O4/c13-7-5-6(1-2-8(7)14)11(18)16-9(12(19)20)3-4-10(15)17/h1-2,5,9H,3-4H2,(H2,15,17)(H,16,18)(H,19,20)/t9-/m0/s1. The van der Waals surface area contributed by atoms with Crippen LogP contribution < -0.4 is 11.1 Å². The molecule has 0 aromatic heterocycles. The number of carbonyl (C=O) groups is 3.